The monoisotopic (exact) mass is 365 g/mol. The van der Waals surface area contributed by atoms with E-state index in [1.165, 1.54) is 5.01 Å². The molecule has 1 saturated heterocycles. The fourth-order valence-electron chi connectivity index (χ4n) is 2.46. The number of ether oxygens (including phenoxy) is 2. The Morgan fingerprint density at radius 3 is 2.80 bits per heavy atom. The van der Waals surface area contributed by atoms with Gasteiger partial charge in [0, 0.05) is 6.61 Å². The number of hydrogen-bond acceptors (Lipinski definition) is 9. The number of nitrogen functional groups attached to an aromatic ring is 2. The summed E-state index contributed by atoms with van der Waals surface area (Å²) in [6, 6.07) is 5.64. The summed E-state index contributed by atoms with van der Waals surface area (Å²) in [7, 11) is 0. The van der Waals surface area contributed by atoms with Gasteiger partial charge in [-0.05, 0) is 18.6 Å². The van der Waals surface area contributed by atoms with Crippen LogP contribution >= 0.6 is 11.6 Å². The number of nitrogens with zero attached hydrogens (tertiary/aromatic N) is 4. The minimum Gasteiger partial charge on any atom is -0.393 e. The summed E-state index contributed by atoms with van der Waals surface area (Å²) in [5.74, 6) is 6.30. The Hall–Kier alpha value is -2.20. The second kappa shape index (κ2) is 7.79. The van der Waals surface area contributed by atoms with Crippen LogP contribution in [-0.2, 0) is 22.6 Å². The number of halogens is 1. The van der Waals surface area contributed by atoms with E-state index in [9.17, 15) is 0 Å². The van der Waals surface area contributed by atoms with Gasteiger partial charge in [0.2, 0.25) is 5.95 Å². The Labute approximate surface area is 150 Å². The van der Waals surface area contributed by atoms with Crippen molar-refractivity contribution in [3.63, 3.8) is 0 Å². The third-order valence-corrected chi connectivity index (χ3v) is 4.01. The van der Waals surface area contributed by atoms with E-state index in [1.54, 1.807) is 0 Å². The molecular formula is C15H20ClN7O2. The quantitative estimate of drug-likeness (QED) is 0.386. The molecule has 1 fully saturated rings. The Morgan fingerprint density at radius 2 is 2.04 bits per heavy atom. The van der Waals surface area contributed by atoms with Gasteiger partial charge in [-0.2, -0.15) is 9.97 Å². The molecule has 1 aliphatic heterocycles. The summed E-state index contributed by atoms with van der Waals surface area (Å²) in [5.41, 5.74) is 13.2. The van der Waals surface area contributed by atoms with Crippen molar-refractivity contribution in [2.75, 3.05) is 29.7 Å². The van der Waals surface area contributed by atoms with Gasteiger partial charge in [0.25, 0.3) is 0 Å². The van der Waals surface area contributed by atoms with Gasteiger partial charge in [-0.15, -0.1) is 0 Å². The van der Waals surface area contributed by atoms with E-state index in [4.69, 9.17) is 38.4 Å². The van der Waals surface area contributed by atoms with E-state index in [0.717, 1.165) is 24.4 Å². The van der Waals surface area contributed by atoms with Crippen molar-refractivity contribution in [2.45, 2.75) is 25.7 Å². The van der Waals surface area contributed by atoms with Crippen molar-refractivity contribution in [3.05, 3.63) is 34.7 Å². The fraction of sp³-hybridized carbons (Fsp3) is 0.400. The van der Waals surface area contributed by atoms with Gasteiger partial charge in [0.05, 0.1) is 37.3 Å². The second-order valence-corrected chi connectivity index (χ2v) is 6.01. The molecular weight excluding hydrogens is 346 g/mol. The first kappa shape index (κ1) is 17.6. The second-order valence-electron chi connectivity index (χ2n) is 5.65. The number of pyridine rings is 1. The minimum absolute atomic E-state index is 0.00135. The van der Waals surface area contributed by atoms with Crippen LogP contribution < -0.4 is 22.3 Å². The summed E-state index contributed by atoms with van der Waals surface area (Å²) in [6.45, 7) is 2.07. The predicted octanol–water partition coefficient (Wildman–Crippen LogP) is 0.875. The Morgan fingerprint density at radius 1 is 1.24 bits per heavy atom. The Bertz CT molecular complexity index is 740. The molecule has 2 aromatic rings. The number of rotatable bonds is 6. The molecule has 1 aliphatic rings. The van der Waals surface area contributed by atoms with Crippen LogP contribution in [0.4, 0.5) is 17.5 Å². The average Bonchev–Trinajstić information content (AvgIpc) is 3.10. The molecule has 2 aromatic heterocycles. The summed E-state index contributed by atoms with van der Waals surface area (Å²) < 4.78 is 11.1. The Balaban J connectivity index is 1.67. The van der Waals surface area contributed by atoms with Gasteiger partial charge in [-0.25, -0.2) is 5.84 Å². The molecule has 6 N–H and O–H groups in total. The van der Waals surface area contributed by atoms with Crippen LogP contribution in [0.25, 0.3) is 0 Å². The highest BCUT2D eigenvalue weighted by molar-refractivity contribution is 6.32. The fourth-order valence-corrected chi connectivity index (χ4v) is 2.63. The lowest BCUT2D eigenvalue weighted by Gasteiger charge is -2.19. The van der Waals surface area contributed by atoms with Crippen molar-refractivity contribution < 1.29 is 9.47 Å². The molecule has 10 heteroatoms. The molecule has 3 heterocycles. The highest BCUT2D eigenvalue weighted by atomic mass is 35.5. The van der Waals surface area contributed by atoms with Gasteiger partial charge in [0.15, 0.2) is 11.0 Å². The number of aromatic nitrogens is 3. The van der Waals surface area contributed by atoms with Crippen LogP contribution in [0.5, 0.6) is 0 Å². The highest BCUT2D eigenvalue weighted by Gasteiger charge is 2.17. The van der Waals surface area contributed by atoms with Gasteiger partial charge >= 0.3 is 0 Å². The van der Waals surface area contributed by atoms with Gasteiger partial charge in [0.1, 0.15) is 5.69 Å². The third kappa shape index (κ3) is 4.45. The standard InChI is InChI=1S/C15H20ClN7O2/c16-13-12(17)14(22-15(18)21-13)23(19)6-9-2-1-3-10(20-9)7-25-11-4-5-24-8-11/h1-3,11H,4-8,17,19H2,(H2,18,21,22). The molecule has 0 saturated carbocycles. The van der Waals surface area contributed by atoms with Gasteiger partial charge in [-0.3, -0.25) is 9.99 Å². The van der Waals surface area contributed by atoms with Crippen molar-refractivity contribution in [1.82, 2.24) is 15.0 Å². The first-order valence-electron chi connectivity index (χ1n) is 7.78. The zero-order chi connectivity index (χ0) is 17.8. The molecule has 1 unspecified atom stereocenters. The van der Waals surface area contributed by atoms with E-state index < -0.39 is 0 Å². The van der Waals surface area contributed by atoms with Crippen molar-refractivity contribution in [1.29, 1.82) is 0 Å². The number of nitrogens with two attached hydrogens (primary N) is 3. The van der Waals surface area contributed by atoms with E-state index in [1.807, 2.05) is 18.2 Å². The summed E-state index contributed by atoms with van der Waals surface area (Å²) in [6.07, 6.45) is 1.04. The van der Waals surface area contributed by atoms with E-state index in [2.05, 4.69) is 15.0 Å². The molecule has 3 rings (SSSR count). The molecule has 0 aliphatic carbocycles. The summed E-state index contributed by atoms with van der Waals surface area (Å²) in [5, 5.41) is 1.39. The smallest absolute Gasteiger partial charge is 0.223 e. The summed E-state index contributed by atoms with van der Waals surface area (Å²) >= 11 is 5.91. The van der Waals surface area contributed by atoms with Gasteiger partial charge in [-0.1, -0.05) is 17.7 Å². The first-order chi connectivity index (χ1) is 12.0. The number of anilines is 3. The molecule has 0 radical (unpaired) electrons. The lowest BCUT2D eigenvalue weighted by Crippen LogP contribution is -2.32. The van der Waals surface area contributed by atoms with E-state index >= 15 is 0 Å². The lowest BCUT2D eigenvalue weighted by atomic mass is 10.3. The topological polar surface area (TPSA) is 138 Å². The molecule has 134 valence electrons. The zero-order valence-corrected chi connectivity index (χ0v) is 14.3. The molecule has 0 bridgehead atoms. The molecule has 25 heavy (non-hydrogen) atoms. The normalized spacial score (nSPS) is 17.0. The largest absolute Gasteiger partial charge is 0.393 e. The number of hydrazine groups is 1. The molecule has 0 amide bonds. The minimum atomic E-state index is -0.00135. The third-order valence-electron chi connectivity index (χ3n) is 3.72. The van der Waals surface area contributed by atoms with Gasteiger partial charge < -0.3 is 20.9 Å². The van der Waals surface area contributed by atoms with Crippen LogP contribution in [-0.4, -0.2) is 34.3 Å². The van der Waals surface area contributed by atoms with Crippen LogP contribution in [0.15, 0.2) is 18.2 Å². The SMILES string of the molecule is Nc1nc(Cl)c(N)c(N(N)Cc2cccc(COC3CCOC3)n2)n1. The maximum absolute atomic E-state index is 6.05. The van der Waals surface area contributed by atoms with E-state index in [-0.39, 0.29) is 35.3 Å². The molecule has 9 nitrogen and oxygen atoms in total. The van der Waals surface area contributed by atoms with Crippen molar-refractivity contribution in [2.24, 2.45) is 5.84 Å². The maximum Gasteiger partial charge on any atom is 0.223 e. The molecule has 0 aromatic carbocycles. The average molecular weight is 366 g/mol. The molecule has 0 spiro atoms. The van der Waals surface area contributed by atoms with Crippen LogP contribution in [0, 0.1) is 0 Å². The number of hydrogen-bond donors (Lipinski definition) is 3. The maximum atomic E-state index is 6.05. The first-order valence-corrected chi connectivity index (χ1v) is 8.15. The zero-order valence-electron chi connectivity index (χ0n) is 13.6. The lowest BCUT2D eigenvalue weighted by molar-refractivity contribution is 0.0301. The highest BCUT2D eigenvalue weighted by Crippen LogP contribution is 2.26. The van der Waals surface area contributed by atoms with Crippen molar-refractivity contribution in [3.8, 4) is 0 Å². The predicted molar refractivity (Wildman–Crippen MR) is 94.5 cm³/mol. The molecule has 1 atom stereocenters. The van der Waals surface area contributed by atoms with Crippen LogP contribution in [0.3, 0.4) is 0 Å². The van der Waals surface area contributed by atoms with Crippen molar-refractivity contribution >= 4 is 29.1 Å². The van der Waals surface area contributed by atoms with Crippen LogP contribution in [0.2, 0.25) is 5.15 Å². The van der Waals surface area contributed by atoms with Crippen LogP contribution in [0.1, 0.15) is 17.8 Å². The van der Waals surface area contributed by atoms with E-state index in [0.29, 0.717) is 13.2 Å². The summed E-state index contributed by atoms with van der Waals surface area (Å²) in [4.78, 5) is 12.4. The Kier molecular flexibility index (Phi) is 5.49.